The Morgan fingerprint density at radius 2 is 1.93 bits per heavy atom. The van der Waals surface area contributed by atoms with Crippen molar-refractivity contribution in [1.29, 1.82) is 0 Å². The lowest BCUT2D eigenvalue weighted by Gasteiger charge is -2.26. The SMILES string of the molecule is CCn1ncc(CN2CCCC2c2nc(N(C)C)ncc2-c2ccccc2)c1C. The number of benzene rings is 1. The molecule has 0 radical (unpaired) electrons. The maximum atomic E-state index is 5.02. The Morgan fingerprint density at radius 3 is 2.62 bits per heavy atom. The molecule has 1 atom stereocenters. The van der Waals surface area contributed by atoms with E-state index >= 15 is 0 Å². The van der Waals surface area contributed by atoms with Crippen LogP contribution in [-0.4, -0.2) is 45.3 Å². The van der Waals surface area contributed by atoms with Crippen LogP contribution in [0, 0.1) is 6.92 Å². The van der Waals surface area contributed by atoms with Gasteiger partial charge in [0.1, 0.15) is 0 Å². The number of hydrogen-bond donors (Lipinski definition) is 0. The van der Waals surface area contributed by atoms with Crippen LogP contribution in [0.5, 0.6) is 0 Å². The Kier molecular flexibility index (Phi) is 5.62. The summed E-state index contributed by atoms with van der Waals surface area (Å²) in [5.74, 6) is 0.765. The van der Waals surface area contributed by atoms with Gasteiger partial charge in [0.25, 0.3) is 0 Å². The molecule has 1 aliphatic heterocycles. The molecule has 4 rings (SSSR count). The molecule has 2 aromatic heterocycles. The van der Waals surface area contributed by atoms with Gasteiger partial charge in [0.15, 0.2) is 0 Å². The van der Waals surface area contributed by atoms with Crippen molar-refractivity contribution in [3.63, 3.8) is 0 Å². The minimum absolute atomic E-state index is 0.288. The molecule has 6 nitrogen and oxygen atoms in total. The second kappa shape index (κ2) is 8.33. The van der Waals surface area contributed by atoms with Crippen LogP contribution >= 0.6 is 0 Å². The zero-order valence-electron chi connectivity index (χ0n) is 17.8. The van der Waals surface area contributed by atoms with E-state index in [2.05, 4.69) is 57.8 Å². The van der Waals surface area contributed by atoms with Crippen LogP contribution < -0.4 is 4.90 Å². The summed E-state index contributed by atoms with van der Waals surface area (Å²) in [4.78, 5) is 14.2. The third-order valence-corrected chi connectivity index (χ3v) is 5.85. The van der Waals surface area contributed by atoms with Gasteiger partial charge >= 0.3 is 0 Å². The van der Waals surface area contributed by atoms with Crippen LogP contribution in [0.4, 0.5) is 5.95 Å². The number of aryl methyl sites for hydroxylation is 1. The molecule has 0 aliphatic carbocycles. The number of hydrogen-bond acceptors (Lipinski definition) is 5. The van der Waals surface area contributed by atoms with Gasteiger partial charge in [-0.25, -0.2) is 9.97 Å². The van der Waals surface area contributed by atoms with E-state index in [1.165, 1.54) is 23.2 Å². The Balaban J connectivity index is 1.71. The lowest BCUT2D eigenvalue weighted by Crippen LogP contribution is -2.25. The lowest BCUT2D eigenvalue weighted by atomic mass is 9.99. The largest absolute Gasteiger partial charge is 0.347 e. The first-order chi connectivity index (χ1) is 14.1. The van der Waals surface area contributed by atoms with Gasteiger partial charge in [-0.1, -0.05) is 30.3 Å². The maximum absolute atomic E-state index is 5.02. The number of anilines is 1. The van der Waals surface area contributed by atoms with Gasteiger partial charge in [0.2, 0.25) is 5.95 Å². The molecule has 152 valence electrons. The minimum Gasteiger partial charge on any atom is -0.347 e. The average Bonchev–Trinajstić information content (AvgIpc) is 3.35. The molecule has 0 saturated carbocycles. The van der Waals surface area contributed by atoms with Crippen LogP contribution in [0.15, 0.2) is 42.7 Å². The molecule has 3 aromatic rings. The van der Waals surface area contributed by atoms with Gasteiger partial charge in [-0.05, 0) is 38.8 Å². The third-order valence-electron chi connectivity index (χ3n) is 5.85. The summed E-state index contributed by atoms with van der Waals surface area (Å²) < 4.78 is 2.07. The highest BCUT2D eigenvalue weighted by Crippen LogP contribution is 2.38. The minimum atomic E-state index is 0.288. The van der Waals surface area contributed by atoms with Crippen molar-refractivity contribution in [2.24, 2.45) is 0 Å². The second-order valence-corrected chi connectivity index (χ2v) is 7.93. The monoisotopic (exact) mass is 390 g/mol. The fraction of sp³-hybridized carbons (Fsp3) is 0.435. The zero-order chi connectivity index (χ0) is 20.4. The van der Waals surface area contributed by atoms with Crippen LogP contribution in [0.3, 0.4) is 0 Å². The molecule has 0 amide bonds. The number of likely N-dealkylation sites (tertiary alicyclic amines) is 1. The van der Waals surface area contributed by atoms with E-state index in [9.17, 15) is 0 Å². The molecule has 1 aliphatic rings. The predicted octanol–water partition coefficient (Wildman–Crippen LogP) is 4.07. The third kappa shape index (κ3) is 3.90. The topological polar surface area (TPSA) is 50.1 Å². The summed E-state index contributed by atoms with van der Waals surface area (Å²) in [5, 5.41) is 4.53. The second-order valence-electron chi connectivity index (χ2n) is 7.93. The van der Waals surface area contributed by atoms with E-state index in [1.807, 2.05) is 37.5 Å². The highest BCUT2D eigenvalue weighted by molar-refractivity contribution is 5.66. The van der Waals surface area contributed by atoms with E-state index in [0.717, 1.165) is 43.3 Å². The standard InChI is InChI=1S/C23H30N6/c1-5-29-17(2)19(14-25-29)16-28-13-9-12-21(28)22-20(18-10-7-6-8-11-18)15-24-23(26-22)27(3)4/h6-8,10-11,14-15,21H,5,9,12-13,16H2,1-4H3. The van der Waals surface area contributed by atoms with Gasteiger partial charge in [-0.3, -0.25) is 9.58 Å². The average molecular weight is 391 g/mol. The highest BCUT2D eigenvalue weighted by atomic mass is 15.3. The number of aromatic nitrogens is 4. The van der Waals surface area contributed by atoms with E-state index in [4.69, 9.17) is 4.98 Å². The summed E-state index contributed by atoms with van der Waals surface area (Å²) in [6.45, 7) is 7.20. The molecule has 1 aromatic carbocycles. The van der Waals surface area contributed by atoms with Crippen molar-refractivity contribution in [3.05, 3.63) is 59.7 Å². The fourth-order valence-corrected chi connectivity index (χ4v) is 4.20. The number of rotatable bonds is 6. The first-order valence-corrected chi connectivity index (χ1v) is 10.4. The molecular formula is C23H30N6. The van der Waals surface area contributed by atoms with E-state index < -0.39 is 0 Å². The van der Waals surface area contributed by atoms with Gasteiger partial charge in [0, 0.05) is 50.2 Å². The summed E-state index contributed by atoms with van der Waals surface area (Å²) in [6, 6.07) is 10.8. The number of nitrogens with zero attached hydrogens (tertiary/aromatic N) is 6. The van der Waals surface area contributed by atoms with Gasteiger partial charge in [-0.15, -0.1) is 0 Å². The van der Waals surface area contributed by atoms with Crippen molar-refractivity contribution in [3.8, 4) is 11.1 Å². The summed E-state index contributed by atoms with van der Waals surface area (Å²) in [5.41, 5.74) is 6.01. The first kappa shape index (κ1) is 19.6. The maximum Gasteiger partial charge on any atom is 0.225 e. The Labute approximate surface area is 173 Å². The molecule has 1 saturated heterocycles. The summed E-state index contributed by atoms with van der Waals surface area (Å²) >= 11 is 0. The Hall–Kier alpha value is -2.73. The summed E-state index contributed by atoms with van der Waals surface area (Å²) in [7, 11) is 3.99. The van der Waals surface area contributed by atoms with Crippen LogP contribution in [0.25, 0.3) is 11.1 Å². The Morgan fingerprint density at radius 1 is 1.14 bits per heavy atom. The zero-order valence-corrected chi connectivity index (χ0v) is 17.8. The van der Waals surface area contributed by atoms with Crippen molar-refractivity contribution in [2.45, 2.75) is 45.8 Å². The smallest absolute Gasteiger partial charge is 0.225 e. The first-order valence-electron chi connectivity index (χ1n) is 10.4. The van der Waals surface area contributed by atoms with Crippen molar-refractivity contribution in [1.82, 2.24) is 24.6 Å². The quantitative estimate of drug-likeness (QED) is 0.635. The van der Waals surface area contributed by atoms with E-state index in [-0.39, 0.29) is 6.04 Å². The molecule has 0 N–H and O–H groups in total. The molecule has 6 heteroatoms. The van der Waals surface area contributed by atoms with E-state index in [1.54, 1.807) is 0 Å². The molecule has 1 fully saturated rings. The van der Waals surface area contributed by atoms with Gasteiger partial charge in [-0.2, -0.15) is 5.10 Å². The normalized spacial score (nSPS) is 17.0. The Bertz CT molecular complexity index is 963. The highest BCUT2D eigenvalue weighted by Gasteiger charge is 2.30. The van der Waals surface area contributed by atoms with Crippen LogP contribution in [0.1, 0.15) is 42.8 Å². The van der Waals surface area contributed by atoms with E-state index in [0.29, 0.717) is 0 Å². The van der Waals surface area contributed by atoms with Crippen LogP contribution in [0.2, 0.25) is 0 Å². The molecular weight excluding hydrogens is 360 g/mol. The predicted molar refractivity (Wildman–Crippen MR) is 117 cm³/mol. The van der Waals surface area contributed by atoms with Gasteiger partial charge in [0.05, 0.1) is 17.9 Å². The van der Waals surface area contributed by atoms with Crippen LogP contribution in [-0.2, 0) is 13.1 Å². The van der Waals surface area contributed by atoms with Gasteiger partial charge < -0.3 is 4.90 Å². The molecule has 1 unspecified atom stereocenters. The summed E-state index contributed by atoms with van der Waals surface area (Å²) in [6.07, 6.45) is 6.31. The van der Waals surface area contributed by atoms with Crippen molar-refractivity contribution in [2.75, 3.05) is 25.5 Å². The molecule has 29 heavy (non-hydrogen) atoms. The molecule has 0 spiro atoms. The lowest BCUT2D eigenvalue weighted by molar-refractivity contribution is 0.244. The van der Waals surface area contributed by atoms with Crippen molar-refractivity contribution >= 4 is 5.95 Å². The van der Waals surface area contributed by atoms with Crippen molar-refractivity contribution < 1.29 is 0 Å². The molecule has 3 heterocycles. The molecule has 0 bridgehead atoms. The fourth-order valence-electron chi connectivity index (χ4n) is 4.20.